The van der Waals surface area contributed by atoms with E-state index in [-0.39, 0.29) is 18.0 Å². The number of hydrogen-bond acceptors (Lipinski definition) is 1. The van der Waals surface area contributed by atoms with E-state index in [1.807, 2.05) is 0 Å². The molecular formula is C11H13F4N. The van der Waals surface area contributed by atoms with Gasteiger partial charge >= 0.3 is 6.18 Å². The van der Waals surface area contributed by atoms with Crippen molar-refractivity contribution in [2.75, 3.05) is 0 Å². The second-order valence-electron chi connectivity index (χ2n) is 3.82. The van der Waals surface area contributed by atoms with Gasteiger partial charge in [0.15, 0.2) is 0 Å². The van der Waals surface area contributed by atoms with Crippen molar-refractivity contribution in [3.63, 3.8) is 0 Å². The Labute approximate surface area is 91.3 Å². The van der Waals surface area contributed by atoms with E-state index in [0.29, 0.717) is 6.42 Å². The summed E-state index contributed by atoms with van der Waals surface area (Å²) in [4.78, 5) is 0. The Morgan fingerprint density at radius 2 is 1.94 bits per heavy atom. The van der Waals surface area contributed by atoms with E-state index in [0.717, 1.165) is 18.2 Å². The molecule has 0 heterocycles. The number of hydrogen-bond donors (Lipinski definition) is 1. The molecule has 0 saturated carbocycles. The van der Waals surface area contributed by atoms with Crippen molar-refractivity contribution in [2.24, 2.45) is 5.73 Å². The highest BCUT2D eigenvalue weighted by atomic mass is 19.4. The van der Waals surface area contributed by atoms with Crippen molar-refractivity contribution >= 4 is 0 Å². The summed E-state index contributed by atoms with van der Waals surface area (Å²) < 4.78 is 50.3. The van der Waals surface area contributed by atoms with Gasteiger partial charge < -0.3 is 5.73 Å². The first-order chi connectivity index (χ1) is 7.30. The van der Waals surface area contributed by atoms with Crippen LogP contribution in [0.15, 0.2) is 18.2 Å². The third-order valence-electron chi connectivity index (χ3n) is 2.24. The number of halogens is 4. The van der Waals surface area contributed by atoms with Crippen molar-refractivity contribution < 1.29 is 17.6 Å². The van der Waals surface area contributed by atoms with Crippen LogP contribution in [0.2, 0.25) is 0 Å². The van der Waals surface area contributed by atoms with Crippen LogP contribution >= 0.6 is 0 Å². The zero-order chi connectivity index (χ0) is 12.3. The predicted molar refractivity (Wildman–Crippen MR) is 53.4 cm³/mol. The van der Waals surface area contributed by atoms with Crippen LogP contribution in [0.4, 0.5) is 17.6 Å². The van der Waals surface area contributed by atoms with Crippen LogP contribution in [-0.4, -0.2) is 6.04 Å². The quantitative estimate of drug-likeness (QED) is 0.800. The monoisotopic (exact) mass is 235 g/mol. The molecule has 1 unspecified atom stereocenters. The molecule has 1 aromatic carbocycles. The average molecular weight is 235 g/mol. The summed E-state index contributed by atoms with van der Waals surface area (Å²) in [5.41, 5.74) is 4.71. The minimum Gasteiger partial charge on any atom is -0.328 e. The second-order valence-corrected chi connectivity index (χ2v) is 3.82. The van der Waals surface area contributed by atoms with Gasteiger partial charge in [-0.1, -0.05) is 0 Å². The van der Waals surface area contributed by atoms with E-state index in [1.165, 1.54) is 0 Å². The Hall–Kier alpha value is -1.10. The van der Waals surface area contributed by atoms with E-state index in [9.17, 15) is 17.6 Å². The van der Waals surface area contributed by atoms with E-state index in [1.54, 1.807) is 6.92 Å². The number of aryl methyl sites for hydroxylation is 1. The fourth-order valence-electron chi connectivity index (χ4n) is 1.33. The highest BCUT2D eigenvalue weighted by Crippen LogP contribution is 2.30. The maximum absolute atomic E-state index is 13.2. The van der Waals surface area contributed by atoms with Gasteiger partial charge in [0, 0.05) is 6.04 Å². The van der Waals surface area contributed by atoms with Crippen LogP contribution in [0.1, 0.15) is 24.5 Å². The smallest absolute Gasteiger partial charge is 0.328 e. The molecule has 0 amide bonds. The molecule has 0 aliphatic rings. The van der Waals surface area contributed by atoms with Gasteiger partial charge in [0.1, 0.15) is 5.82 Å². The first-order valence-corrected chi connectivity index (χ1v) is 4.92. The number of alkyl halides is 3. The van der Waals surface area contributed by atoms with E-state index in [2.05, 4.69) is 0 Å². The second kappa shape index (κ2) is 4.82. The lowest BCUT2D eigenvalue weighted by Gasteiger charge is -2.10. The SMILES string of the molecule is CC(N)CCc1cc(C(F)(F)F)ccc1F. The van der Waals surface area contributed by atoms with Crippen molar-refractivity contribution in [1.29, 1.82) is 0 Å². The number of rotatable bonds is 3. The van der Waals surface area contributed by atoms with Crippen LogP contribution in [-0.2, 0) is 12.6 Å². The Morgan fingerprint density at radius 3 is 2.44 bits per heavy atom. The molecule has 0 aliphatic heterocycles. The van der Waals surface area contributed by atoms with Gasteiger partial charge in [0.05, 0.1) is 5.56 Å². The molecule has 0 saturated heterocycles. The van der Waals surface area contributed by atoms with Gasteiger partial charge in [0.25, 0.3) is 0 Å². The van der Waals surface area contributed by atoms with Crippen molar-refractivity contribution in [2.45, 2.75) is 32.0 Å². The molecule has 16 heavy (non-hydrogen) atoms. The summed E-state index contributed by atoms with van der Waals surface area (Å²) in [5, 5.41) is 0. The highest BCUT2D eigenvalue weighted by Gasteiger charge is 2.30. The lowest BCUT2D eigenvalue weighted by molar-refractivity contribution is -0.137. The minimum absolute atomic E-state index is 0.0622. The van der Waals surface area contributed by atoms with Gasteiger partial charge in [-0.2, -0.15) is 13.2 Å². The van der Waals surface area contributed by atoms with Crippen LogP contribution in [0.3, 0.4) is 0 Å². The molecule has 2 N–H and O–H groups in total. The standard InChI is InChI=1S/C11H13F4N/c1-7(16)2-3-8-6-9(11(13,14)15)4-5-10(8)12/h4-7H,2-3,16H2,1H3. The van der Waals surface area contributed by atoms with Gasteiger partial charge in [-0.15, -0.1) is 0 Å². The van der Waals surface area contributed by atoms with Gasteiger partial charge in [-0.05, 0) is 43.5 Å². The molecule has 1 rings (SSSR count). The molecule has 0 aliphatic carbocycles. The lowest BCUT2D eigenvalue weighted by Crippen LogP contribution is -2.16. The molecule has 0 spiro atoms. The highest BCUT2D eigenvalue weighted by molar-refractivity contribution is 5.27. The fraction of sp³-hybridized carbons (Fsp3) is 0.455. The Morgan fingerprint density at radius 1 is 1.31 bits per heavy atom. The molecule has 5 heteroatoms. The summed E-state index contributed by atoms with van der Waals surface area (Å²) >= 11 is 0. The molecular weight excluding hydrogens is 222 g/mol. The van der Waals surface area contributed by atoms with Crippen molar-refractivity contribution in [1.82, 2.24) is 0 Å². The normalized spacial score (nSPS) is 13.9. The summed E-state index contributed by atoms with van der Waals surface area (Å²) in [5.74, 6) is -0.617. The molecule has 0 fully saturated rings. The van der Waals surface area contributed by atoms with Crippen molar-refractivity contribution in [3.8, 4) is 0 Å². The van der Waals surface area contributed by atoms with Crippen LogP contribution < -0.4 is 5.73 Å². The Bertz CT molecular complexity index is 357. The zero-order valence-corrected chi connectivity index (χ0v) is 8.81. The minimum atomic E-state index is -4.43. The molecule has 1 atom stereocenters. The topological polar surface area (TPSA) is 26.0 Å². The molecule has 1 aromatic rings. The van der Waals surface area contributed by atoms with E-state index in [4.69, 9.17) is 5.73 Å². The molecule has 0 bridgehead atoms. The van der Waals surface area contributed by atoms with Gasteiger partial charge in [-0.25, -0.2) is 4.39 Å². The van der Waals surface area contributed by atoms with E-state index >= 15 is 0 Å². The first kappa shape index (κ1) is 13.0. The third-order valence-corrected chi connectivity index (χ3v) is 2.24. The Kier molecular flexibility index (Phi) is 3.91. The van der Waals surface area contributed by atoms with Crippen molar-refractivity contribution in [3.05, 3.63) is 35.1 Å². The summed E-state index contributed by atoms with van der Waals surface area (Å²) in [6.07, 6.45) is -3.76. The third kappa shape index (κ3) is 3.48. The first-order valence-electron chi connectivity index (χ1n) is 4.92. The molecule has 90 valence electrons. The van der Waals surface area contributed by atoms with Crippen LogP contribution in [0.5, 0.6) is 0 Å². The maximum Gasteiger partial charge on any atom is 0.416 e. The number of benzene rings is 1. The summed E-state index contributed by atoms with van der Waals surface area (Å²) in [6, 6.07) is 2.27. The maximum atomic E-state index is 13.2. The lowest BCUT2D eigenvalue weighted by atomic mass is 10.0. The zero-order valence-electron chi connectivity index (χ0n) is 8.81. The van der Waals surface area contributed by atoms with Crippen LogP contribution in [0.25, 0.3) is 0 Å². The largest absolute Gasteiger partial charge is 0.416 e. The predicted octanol–water partition coefficient (Wildman–Crippen LogP) is 3.12. The van der Waals surface area contributed by atoms with E-state index < -0.39 is 17.6 Å². The average Bonchev–Trinajstić information content (AvgIpc) is 2.14. The summed E-state index contributed by atoms with van der Waals surface area (Å²) in [6.45, 7) is 1.73. The fourth-order valence-corrected chi connectivity index (χ4v) is 1.33. The molecule has 0 radical (unpaired) electrons. The van der Waals surface area contributed by atoms with Gasteiger partial charge in [0.2, 0.25) is 0 Å². The molecule has 1 nitrogen and oxygen atoms in total. The van der Waals surface area contributed by atoms with Gasteiger partial charge in [-0.3, -0.25) is 0 Å². The molecule has 0 aromatic heterocycles. The summed E-state index contributed by atoms with van der Waals surface area (Å²) in [7, 11) is 0. The number of nitrogens with two attached hydrogens (primary N) is 1. The van der Waals surface area contributed by atoms with Crippen LogP contribution in [0, 0.1) is 5.82 Å². The Balaban J connectivity index is 2.91.